The minimum atomic E-state index is -0.624. The van der Waals surface area contributed by atoms with Crippen LogP contribution in [0.1, 0.15) is 31.6 Å². The highest BCUT2D eigenvalue weighted by Gasteiger charge is 2.16. The highest BCUT2D eigenvalue weighted by atomic mass is 16.5. The number of nitrogens with zero attached hydrogens (tertiary/aromatic N) is 2. The SMILES string of the molecule is CC(O)c1ccc(-c2ccc3ncnc(NCC4CCCO4)c3c2)o1. The maximum absolute atomic E-state index is 9.64. The predicted octanol–water partition coefficient (Wildman–Crippen LogP) is 3.53. The van der Waals surface area contributed by atoms with Crippen molar-refractivity contribution in [1.29, 1.82) is 0 Å². The van der Waals surface area contributed by atoms with Crippen LogP contribution in [0.2, 0.25) is 0 Å². The molecule has 0 saturated carbocycles. The first-order chi connectivity index (χ1) is 12.2. The largest absolute Gasteiger partial charge is 0.458 e. The summed E-state index contributed by atoms with van der Waals surface area (Å²) in [4.78, 5) is 8.72. The fourth-order valence-corrected chi connectivity index (χ4v) is 3.10. The number of ether oxygens (including phenoxy) is 1. The summed E-state index contributed by atoms with van der Waals surface area (Å²) in [7, 11) is 0. The topological polar surface area (TPSA) is 80.4 Å². The number of benzene rings is 1. The number of nitrogens with one attached hydrogen (secondary N) is 1. The molecule has 0 radical (unpaired) electrons. The Hall–Kier alpha value is -2.44. The zero-order valence-electron chi connectivity index (χ0n) is 14.1. The summed E-state index contributed by atoms with van der Waals surface area (Å²) in [5.41, 5.74) is 1.80. The lowest BCUT2D eigenvalue weighted by Crippen LogP contribution is -2.19. The third-order valence-corrected chi connectivity index (χ3v) is 4.48. The number of fused-ring (bicyclic) bond motifs is 1. The maximum Gasteiger partial charge on any atom is 0.137 e. The fraction of sp³-hybridized carbons (Fsp3) is 0.368. The summed E-state index contributed by atoms with van der Waals surface area (Å²) in [6.45, 7) is 3.26. The quantitative estimate of drug-likeness (QED) is 0.740. The van der Waals surface area contributed by atoms with Crippen LogP contribution in [0.15, 0.2) is 41.1 Å². The Labute approximate surface area is 145 Å². The van der Waals surface area contributed by atoms with Crippen molar-refractivity contribution >= 4 is 16.7 Å². The van der Waals surface area contributed by atoms with Crippen molar-refractivity contribution in [2.45, 2.75) is 32.0 Å². The first-order valence-corrected chi connectivity index (χ1v) is 8.59. The molecule has 1 aromatic carbocycles. The normalized spacial score (nSPS) is 18.6. The van der Waals surface area contributed by atoms with Crippen LogP contribution < -0.4 is 5.32 Å². The van der Waals surface area contributed by atoms with E-state index in [2.05, 4.69) is 15.3 Å². The van der Waals surface area contributed by atoms with Crippen molar-refractivity contribution < 1.29 is 14.3 Å². The lowest BCUT2D eigenvalue weighted by Gasteiger charge is -2.13. The Balaban J connectivity index is 1.64. The number of hydrogen-bond donors (Lipinski definition) is 2. The average molecular weight is 339 g/mol. The zero-order chi connectivity index (χ0) is 17.2. The predicted molar refractivity (Wildman–Crippen MR) is 95.3 cm³/mol. The van der Waals surface area contributed by atoms with Gasteiger partial charge in [-0.2, -0.15) is 0 Å². The number of aromatic nitrogens is 2. The van der Waals surface area contributed by atoms with Crippen molar-refractivity contribution in [2.75, 3.05) is 18.5 Å². The van der Waals surface area contributed by atoms with Crippen molar-refractivity contribution in [3.8, 4) is 11.3 Å². The minimum absolute atomic E-state index is 0.242. The van der Waals surface area contributed by atoms with E-state index in [1.807, 2.05) is 24.3 Å². The molecule has 25 heavy (non-hydrogen) atoms. The van der Waals surface area contributed by atoms with Gasteiger partial charge in [0.2, 0.25) is 0 Å². The summed E-state index contributed by atoms with van der Waals surface area (Å²) in [6, 6.07) is 9.59. The van der Waals surface area contributed by atoms with Crippen LogP contribution in [-0.2, 0) is 4.74 Å². The van der Waals surface area contributed by atoms with E-state index in [0.29, 0.717) is 11.5 Å². The molecule has 4 rings (SSSR count). The van der Waals surface area contributed by atoms with Gasteiger partial charge < -0.3 is 19.6 Å². The lowest BCUT2D eigenvalue weighted by molar-refractivity contribution is 0.120. The van der Waals surface area contributed by atoms with Crippen LogP contribution >= 0.6 is 0 Å². The Morgan fingerprint density at radius 2 is 2.20 bits per heavy atom. The van der Waals surface area contributed by atoms with Crippen molar-refractivity contribution in [3.05, 3.63) is 42.4 Å². The third kappa shape index (κ3) is 3.36. The van der Waals surface area contributed by atoms with Gasteiger partial charge in [0.15, 0.2) is 0 Å². The molecular weight excluding hydrogens is 318 g/mol. The summed E-state index contributed by atoms with van der Waals surface area (Å²) in [6.07, 6.45) is 3.38. The molecule has 2 atom stereocenters. The van der Waals surface area contributed by atoms with E-state index in [9.17, 15) is 5.11 Å². The van der Waals surface area contributed by atoms with E-state index >= 15 is 0 Å². The fourth-order valence-electron chi connectivity index (χ4n) is 3.10. The van der Waals surface area contributed by atoms with E-state index in [1.54, 1.807) is 19.3 Å². The zero-order valence-corrected chi connectivity index (χ0v) is 14.1. The summed E-state index contributed by atoms with van der Waals surface area (Å²) in [5, 5.41) is 14.0. The molecule has 0 spiro atoms. The molecule has 1 saturated heterocycles. The minimum Gasteiger partial charge on any atom is -0.458 e. The smallest absolute Gasteiger partial charge is 0.137 e. The summed E-state index contributed by atoms with van der Waals surface area (Å²) in [5.74, 6) is 2.06. The van der Waals surface area contributed by atoms with Gasteiger partial charge in [0.1, 0.15) is 29.8 Å². The Morgan fingerprint density at radius 1 is 1.28 bits per heavy atom. The van der Waals surface area contributed by atoms with Gasteiger partial charge >= 0.3 is 0 Å². The van der Waals surface area contributed by atoms with Crippen LogP contribution in [0, 0.1) is 0 Å². The molecule has 1 aliphatic rings. The molecule has 6 nitrogen and oxygen atoms in total. The molecule has 2 N–H and O–H groups in total. The molecule has 3 heterocycles. The molecule has 2 aromatic heterocycles. The molecule has 0 bridgehead atoms. The highest BCUT2D eigenvalue weighted by molar-refractivity contribution is 5.92. The second-order valence-corrected chi connectivity index (χ2v) is 6.35. The van der Waals surface area contributed by atoms with Crippen LogP contribution in [0.5, 0.6) is 0 Å². The lowest BCUT2D eigenvalue weighted by atomic mass is 10.1. The average Bonchev–Trinajstić information content (AvgIpc) is 3.31. The van der Waals surface area contributed by atoms with E-state index in [-0.39, 0.29) is 6.10 Å². The molecule has 0 aliphatic carbocycles. The van der Waals surface area contributed by atoms with Gasteiger partial charge in [-0.1, -0.05) is 0 Å². The highest BCUT2D eigenvalue weighted by Crippen LogP contribution is 2.29. The number of aliphatic hydroxyl groups excluding tert-OH is 1. The second kappa shape index (κ2) is 6.82. The number of furan rings is 1. The molecule has 1 fully saturated rings. The Morgan fingerprint density at radius 3 is 2.96 bits per heavy atom. The van der Waals surface area contributed by atoms with E-state index in [1.165, 1.54) is 0 Å². The maximum atomic E-state index is 9.64. The molecule has 2 unspecified atom stereocenters. The van der Waals surface area contributed by atoms with Crippen molar-refractivity contribution in [1.82, 2.24) is 9.97 Å². The van der Waals surface area contributed by atoms with Crippen LogP contribution in [-0.4, -0.2) is 34.3 Å². The van der Waals surface area contributed by atoms with Gasteiger partial charge in [-0.3, -0.25) is 0 Å². The van der Waals surface area contributed by atoms with E-state index < -0.39 is 6.10 Å². The molecule has 3 aromatic rings. The Kier molecular flexibility index (Phi) is 4.38. The van der Waals surface area contributed by atoms with Crippen molar-refractivity contribution in [3.63, 3.8) is 0 Å². The van der Waals surface area contributed by atoms with Crippen molar-refractivity contribution in [2.24, 2.45) is 0 Å². The second-order valence-electron chi connectivity index (χ2n) is 6.35. The molecular formula is C19H21N3O3. The van der Waals surface area contributed by atoms with Gasteiger partial charge in [-0.25, -0.2) is 9.97 Å². The Bertz CT molecular complexity index is 869. The van der Waals surface area contributed by atoms with Crippen LogP contribution in [0.25, 0.3) is 22.2 Å². The number of rotatable bonds is 5. The van der Waals surface area contributed by atoms with Gasteiger partial charge in [0, 0.05) is 24.1 Å². The summed E-state index contributed by atoms with van der Waals surface area (Å²) < 4.78 is 11.4. The number of aliphatic hydroxyl groups is 1. The van der Waals surface area contributed by atoms with E-state index in [4.69, 9.17) is 9.15 Å². The molecule has 1 aliphatic heterocycles. The molecule has 6 heteroatoms. The molecule has 0 amide bonds. The van der Waals surface area contributed by atoms with Crippen LogP contribution in [0.3, 0.4) is 0 Å². The number of anilines is 1. The van der Waals surface area contributed by atoms with Gasteiger partial charge in [-0.05, 0) is 50.1 Å². The molecule has 130 valence electrons. The first kappa shape index (κ1) is 16.1. The monoisotopic (exact) mass is 339 g/mol. The third-order valence-electron chi connectivity index (χ3n) is 4.48. The van der Waals surface area contributed by atoms with Gasteiger partial charge in [0.25, 0.3) is 0 Å². The van der Waals surface area contributed by atoms with Gasteiger partial charge in [-0.15, -0.1) is 0 Å². The summed E-state index contributed by atoms with van der Waals surface area (Å²) >= 11 is 0. The number of hydrogen-bond acceptors (Lipinski definition) is 6. The van der Waals surface area contributed by atoms with Gasteiger partial charge in [0.05, 0.1) is 11.6 Å². The standard InChI is InChI=1S/C19H21N3O3/c1-12(23)17-6-7-18(25-17)13-4-5-16-15(9-13)19(22-11-21-16)20-10-14-3-2-8-24-14/h4-7,9,11-12,14,23H,2-3,8,10H2,1H3,(H,20,21,22). The first-order valence-electron chi connectivity index (χ1n) is 8.59. The van der Waals surface area contributed by atoms with E-state index in [0.717, 1.165) is 48.3 Å². The van der Waals surface area contributed by atoms with Crippen LogP contribution in [0.4, 0.5) is 5.82 Å².